The Morgan fingerprint density at radius 2 is 2.13 bits per heavy atom. The van der Waals surface area contributed by atoms with Crippen molar-refractivity contribution in [3.63, 3.8) is 0 Å². The zero-order valence-corrected chi connectivity index (χ0v) is 17.9. The van der Waals surface area contributed by atoms with Gasteiger partial charge in [0.25, 0.3) is 0 Å². The van der Waals surface area contributed by atoms with E-state index in [9.17, 15) is 9.18 Å². The molecule has 6 nitrogen and oxygen atoms in total. The number of rotatable bonds is 2. The molecule has 0 bridgehead atoms. The Balaban J connectivity index is 1.50. The largest absolute Gasteiger partial charge is 0.493 e. The zero-order chi connectivity index (χ0) is 21.1. The van der Waals surface area contributed by atoms with Crippen LogP contribution in [-0.4, -0.2) is 42.7 Å². The molecule has 2 aromatic carbocycles. The van der Waals surface area contributed by atoms with Gasteiger partial charge in [-0.05, 0) is 48.9 Å². The van der Waals surface area contributed by atoms with E-state index in [1.54, 1.807) is 6.07 Å². The summed E-state index contributed by atoms with van der Waals surface area (Å²) < 4.78 is 21.4. The fourth-order valence-electron chi connectivity index (χ4n) is 4.61. The van der Waals surface area contributed by atoms with E-state index in [2.05, 4.69) is 23.3 Å². The van der Waals surface area contributed by atoms with Gasteiger partial charge in [0.2, 0.25) is 0 Å². The van der Waals surface area contributed by atoms with Gasteiger partial charge in [0.05, 0.1) is 22.5 Å². The Bertz CT molecular complexity index is 1270. The number of aromatic nitrogens is 1. The summed E-state index contributed by atoms with van der Waals surface area (Å²) in [4.78, 5) is 21.5. The fraction of sp³-hybridized carbons (Fsp3) is 0.304. The van der Waals surface area contributed by atoms with E-state index in [4.69, 9.17) is 9.72 Å². The number of anilines is 2. The second-order valence-corrected chi connectivity index (χ2v) is 9.18. The molecule has 0 spiro atoms. The molecule has 0 fully saturated rings. The smallest absolute Gasteiger partial charge is 0.328 e. The third kappa shape index (κ3) is 3.01. The predicted octanol–water partition coefficient (Wildman–Crippen LogP) is 4.45. The number of likely N-dealkylation sites (N-methyl/N-ethyl adjacent to an activating group) is 1. The van der Waals surface area contributed by atoms with E-state index in [0.29, 0.717) is 24.0 Å². The van der Waals surface area contributed by atoms with E-state index in [1.165, 1.54) is 22.3 Å². The van der Waals surface area contributed by atoms with Crippen molar-refractivity contribution in [3.05, 3.63) is 52.8 Å². The molecular weight excluding hydrogens is 415 g/mol. The summed E-state index contributed by atoms with van der Waals surface area (Å²) in [5.41, 5.74) is 5.46. The molecule has 0 saturated heterocycles. The number of fused-ring (bicyclic) bond motifs is 4. The number of amides is 2. The average Bonchev–Trinajstić information content (AvgIpc) is 3.40. The topological polar surface area (TPSA) is 57.7 Å². The molecule has 0 saturated carbocycles. The van der Waals surface area contributed by atoms with Crippen molar-refractivity contribution >= 4 is 44.0 Å². The maximum Gasteiger partial charge on any atom is 0.328 e. The Labute approximate surface area is 182 Å². The van der Waals surface area contributed by atoms with Gasteiger partial charge in [-0.15, -0.1) is 0 Å². The Hall–Kier alpha value is -2.97. The lowest BCUT2D eigenvalue weighted by Crippen LogP contribution is -2.41. The van der Waals surface area contributed by atoms with Crippen LogP contribution in [-0.2, 0) is 13.0 Å². The third-order valence-electron chi connectivity index (χ3n) is 6.22. The minimum Gasteiger partial charge on any atom is -0.493 e. The first-order valence-electron chi connectivity index (χ1n) is 10.4. The minimum atomic E-state index is -0.344. The highest BCUT2D eigenvalue weighted by atomic mass is 32.1. The maximum absolute atomic E-state index is 14.8. The number of nitrogens with zero attached hydrogens (tertiary/aromatic N) is 3. The maximum atomic E-state index is 14.8. The van der Waals surface area contributed by atoms with Gasteiger partial charge < -0.3 is 15.0 Å². The van der Waals surface area contributed by atoms with Crippen molar-refractivity contribution in [1.82, 2.24) is 15.2 Å². The Morgan fingerprint density at radius 3 is 2.97 bits per heavy atom. The van der Waals surface area contributed by atoms with Crippen LogP contribution in [0.25, 0.3) is 15.8 Å². The molecule has 0 radical (unpaired) electrons. The van der Waals surface area contributed by atoms with Crippen LogP contribution in [0.3, 0.4) is 0 Å². The van der Waals surface area contributed by atoms with E-state index in [0.717, 1.165) is 64.2 Å². The molecule has 6 rings (SSSR count). The zero-order valence-electron chi connectivity index (χ0n) is 17.1. The van der Waals surface area contributed by atoms with Gasteiger partial charge in [0, 0.05) is 37.2 Å². The van der Waals surface area contributed by atoms with E-state index in [1.807, 2.05) is 12.1 Å². The quantitative estimate of drug-likeness (QED) is 0.645. The van der Waals surface area contributed by atoms with Crippen LogP contribution in [0.2, 0.25) is 0 Å². The highest BCUT2D eigenvalue weighted by molar-refractivity contribution is 7.22. The molecule has 0 unspecified atom stereocenters. The van der Waals surface area contributed by atoms with Crippen molar-refractivity contribution in [2.75, 3.05) is 31.6 Å². The number of benzene rings is 2. The van der Waals surface area contributed by atoms with Crippen LogP contribution >= 0.6 is 11.3 Å². The van der Waals surface area contributed by atoms with Crippen molar-refractivity contribution in [1.29, 1.82) is 0 Å². The standard InChI is InChI=1S/C23H21FN4O2S/c1-27-7-4-13(5-8-27)16-10-14(24)11-18-17(16)12-25-22(29)28(18)23-26-21-15-6-9-30-19(15)2-3-20(21)31-23/h2-4,10-11H,5-9,12H2,1H3,(H,25,29). The second-order valence-electron chi connectivity index (χ2n) is 8.17. The summed E-state index contributed by atoms with van der Waals surface area (Å²) >= 11 is 1.44. The molecule has 4 heterocycles. The van der Waals surface area contributed by atoms with Gasteiger partial charge in [0.15, 0.2) is 5.13 Å². The molecule has 31 heavy (non-hydrogen) atoms. The predicted molar refractivity (Wildman–Crippen MR) is 120 cm³/mol. The highest BCUT2D eigenvalue weighted by Gasteiger charge is 2.32. The number of carbonyl (C=O) groups excluding carboxylic acids is 1. The van der Waals surface area contributed by atoms with Crippen LogP contribution < -0.4 is 15.0 Å². The molecule has 3 aliphatic rings. The third-order valence-corrected chi connectivity index (χ3v) is 7.23. The molecule has 158 valence electrons. The lowest BCUT2D eigenvalue weighted by atomic mass is 9.92. The number of thiazole rings is 1. The minimum absolute atomic E-state index is 0.284. The van der Waals surface area contributed by atoms with E-state index < -0.39 is 0 Å². The molecular formula is C23H21FN4O2S. The van der Waals surface area contributed by atoms with Gasteiger partial charge in [-0.1, -0.05) is 17.4 Å². The summed E-state index contributed by atoms with van der Waals surface area (Å²) in [5, 5.41) is 3.50. The molecule has 1 aromatic heterocycles. The molecule has 0 atom stereocenters. The summed E-state index contributed by atoms with van der Waals surface area (Å²) in [6.07, 6.45) is 3.81. The van der Waals surface area contributed by atoms with Gasteiger partial charge in [-0.2, -0.15) is 0 Å². The van der Waals surface area contributed by atoms with Gasteiger partial charge in [-0.3, -0.25) is 0 Å². The monoisotopic (exact) mass is 436 g/mol. The van der Waals surface area contributed by atoms with Gasteiger partial charge >= 0.3 is 6.03 Å². The molecule has 2 amide bonds. The second kappa shape index (κ2) is 7.03. The van der Waals surface area contributed by atoms with Gasteiger partial charge in [-0.25, -0.2) is 19.1 Å². The summed E-state index contributed by atoms with van der Waals surface area (Å²) in [5.74, 6) is 0.513. The summed E-state index contributed by atoms with van der Waals surface area (Å²) in [6, 6.07) is 6.69. The number of carbonyl (C=O) groups is 1. The normalized spacial score (nSPS) is 18.5. The van der Waals surface area contributed by atoms with Gasteiger partial charge in [0.1, 0.15) is 11.6 Å². The molecule has 0 aliphatic carbocycles. The Morgan fingerprint density at radius 1 is 1.23 bits per heavy atom. The van der Waals surface area contributed by atoms with E-state index >= 15 is 0 Å². The number of ether oxygens (including phenoxy) is 1. The fourth-order valence-corrected chi connectivity index (χ4v) is 5.61. The van der Waals surface area contributed by atoms with Crippen LogP contribution in [0.15, 0.2) is 30.3 Å². The van der Waals surface area contributed by atoms with Crippen molar-refractivity contribution in [2.45, 2.75) is 19.4 Å². The van der Waals surface area contributed by atoms with Crippen LogP contribution in [0.1, 0.15) is 23.1 Å². The number of halogens is 1. The van der Waals surface area contributed by atoms with Crippen molar-refractivity contribution < 1.29 is 13.9 Å². The molecule has 3 aromatic rings. The van der Waals surface area contributed by atoms with Crippen LogP contribution in [0.4, 0.5) is 20.0 Å². The SMILES string of the molecule is CN1CC=C(c2cc(F)cc3c2CNC(=O)N3c2nc3c4c(ccc3s2)OCC4)CC1. The molecule has 1 N–H and O–H groups in total. The molecule has 8 heteroatoms. The Kier molecular flexibility index (Phi) is 4.26. The van der Waals surface area contributed by atoms with Crippen LogP contribution in [0.5, 0.6) is 5.75 Å². The summed E-state index contributed by atoms with van der Waals surface area (Å²) in [7, 11) is 2.07. The number of hydrogen-bond acceptors (Lipinski definition) is 5. The van der Waals surface area contributed by atoms with Crippen molar-refractivity contribution in [3.8, 4) is 5.75 Å². The first-order chi connectivity index (χ1) is 15.1. The molecule has 3 aliphatic heterocycles. The average molecular weight is 437 g/mol. The lowest BCUT2D eigenvalue weighted by Gasteiger charge is -2.31. The first kappa shape index (κ1) is 18.8. The van der Waals surface area contributed by atoms with Crippen molar-refractivity contribution in [2.24, 2.45) is 0 Å². The van der Waals surface area contributed by atoms with Crippen LogP contribution in [0, 0.1) is 5.82 Å². The highest BCUT2D eigenvalue weighted by Crippen LogP contribution is 2.42. The summed E-state index contributed by atoms with van der Waals surface area (Å²) in [6.45, 7) is 2.79. The number of hydrogen-bond donors (Lipinski definition) is 1. The van der Waals surface area contributed by atoms with E-state index in [-0.39, 0.29) is 11.8 Å². The first-order valence-corrected chi connectivity index (χ1v) is 11.2. The number of nitrogens with one attached hydrogen (secondary N) is 1. The lowest BCUT2D eigenvalue weighted by molar-refractivity contribution is 0.247. The number of urea groups is 1.